The van der Waals surface area contributed by atoms with Crippen LogP contribution in [-0.2, 0) is 6.54 Å². The molecule has 1 fully saturated rings. The Balaban J connectivity index is 0.00000147. The molecule has 0 aromatic heterocycles. The van der Waals surface area contributed by atoms with Crippen molar-refractivity contribution in [3.8, 4) is 11.5 Å². The van der Waals surface area contributed by atoms with E-state index in [1.165, 1.54) is 6.42 Å². The molecule has 2 unspecified atom stereocenters. The molecule has 0 amide bonds. The zero-order chi connectivity index (χ0) is 13.2. The lowest BCUT2D eigenvalue weighted by Crippen LogP contribution is -2.38. The van der Waals surface area contributed by atoms with E-state index >= 15 is 0 Å². The van der Waals surface area contributed by atoms with Crippen LogP contribution in [-0.4, -0.2) is 25.8 Å². The number of nitrogens with one attached hydrogen (secondary N) is 2. The second-order valence-electron chi connectivity index (χ2n) is 5.08. The molecule has 20 heavy (non-hydrogen) atoms. The summed E-state index contributed by atoms with van der Waals surface area (Å²) >= 11 is 0. The highest BCUT2D eigenvalue weighted by Gasteiger charge is 2.33. The zero-order valence-electron chi connectivity index (χ0n) is 11.7. The average molecular weight is 389 g/mol. The molecule has 1 saturated carbocycles. The van der Waals surface area contributed by atoms with E-state index in [-0.39, 0.29) is 24.0 Å². The monoisotopic (exact) mass is 389 g/mol. The van der Waals surface area contributed by atoms with Crippen LogP contribution in [0.15, 0.2) is 23.2 Å². The van der Waals surface area contributed by atoms with E-state index in [2.05, 4.69) is 22.5 Å². The smallest absolute Gasteiger partial charge is 0.231 e. The summed E-state index contributed by atoms with van der Waals surface area (Å²) in [6, 6.07) is 6.55. The van der Waals surface area contributed by atoms with E-state index in [4.69, 9.17) is 9.47 Å². The summed E-state index contributed by atoms with van der Waals surface area (Å²) in [5, 5.41) is 6.71. The second-order valence-corrected chi connectivity index (χ2v) is 5.08. The van der Waals surface area contributed by atoms with Crippen molar-refractivity contribution in [2.24, 2.45) is 10.9 Å². The molecule has 0 saturated heterocycles. The minimum atomic E-state index is 0. The highest BCUT2D eigenvalue weighted by Crippen LogP contribution is 2.32. The van der Waals surface area contributed by atoms with Gasteiger partial charge in [-0.2, -0.15) is 0 Å². The maximum Gasteiger partial charge on any atom is 0.231 e. The number of ether oxygens (including phenoxy) is 2. The number of aliphatic imine (C=N–C) groups is 1. The third-order valence-corrected chi connectivity index (χ3v) is 3.55. The van der Waals surface area contributed by atoms with Crippen LogP contribution in [0.2, 0.25) is 0 Å². The predicted molar refractivity (Wildman–Crippen MR) is 88.9 cm³/mol. The number of rotatable bonds is 3. The molecule has 1 aromatic carbocycles. The highest BCUT2D eigenvalue weighted by molar-refractivity contribution is 14.0. The van der Waals surface area contributed by atoms with Crippen molar-refractivity contribution in [1.29, 1.82) is 0 Å². The van der Waals surface area contributed by atoms with Crippen LogP contribution < -0.4 is 20.1 Å². The van der Waals surface area contributed by atoms with Gasteiger partial charge < -0.3 is 20.1 Å². The first kappa shape index (κ1) is 15.2. The summed E-state index contributed by atoms with van der Waals surface area (Å²) in [7, 11) is 1.79. The van der Waals surface area contributed by atoms with Crippen molar-refractivity contribution in [3.63, 3.8) is 0 Å². The fourth-order valence-electron chi connectivity index (χ4n) is 2.13. The fraction of sp³-hybridized carbons (Fsp3) is 0.500. The van der Waals surface area contributed by atoms with Gasteiger partial charge >= 0.3 is 0 Å². The Labute approximate surface area is 136 Å². The highest BCUT2D eigenvalue weighted by atomic mass is 127. The van der Waals surface area contributed by atoms with Gasteiger partial charge in [0.05, 0.1) is 0 Å². The maximum atomic E-state index is 5.36. The molecule has 5 nitrogen and oxygen atoms in total. The molecule has 3 rings (SSSR count). The number of benzene rings is 1. The van der Waals surface area contributed by atoms with Crippen LogP contribution in [0.3, 0.4) is 0 Å². The number of hydrogen-bond donors (Lipinski definition) is 2. The third-order valence-electron chi connectivity index (χ3n) is 3.55. The Morgan fingerprint density at radius 3 is 2.80 bits per heavy atom. The number of guanidine groups is 1. The molecular weight excluding hydrogens is 369 g/mol. The van der Waals surface area contributed by atoms with Gasteiger partial charge in [-0.25, -0.2) is 0 Å². The quantitative estimate of drug-likeness (QED) is 0.473. The Kier molecular flexibility index (Phi) is 4.95. The summed E-state index contributed by atoms with van der Waals surface area (Å²) in [5.74, 6) is 3.24. The summed E-state index contributed by atoms with van der Waals surface area (Å²) in [6.07, 6.45) is 1.23. The minimum absolute atomic E-state index is 0. The molecule has 1 aliphatic carbocycles. The first-order chi connectivity index (χ1) is 9.26. The van der Waals surface area contributed by atoms with Crippen molar-refractivity contribution in [3.05, 3.63) is 23.8 Å². The van der Waals surface area contributed by atoms with Crippen molar-refractivity contribution < 1.29 is 9.47 Å². The summed E-state index contributed by atoms with van der Waals surface area (Å²) in [5.41, 5.74) is 1.15. The molecule has 2 aliphatic rings. The van der Waals surface area contributed by atoms with Gasteiger partial charge in [0.2, 0.25) is 6.79 Å². The van der Waals surface area contributed by atoms with Gasteiger partial charge in [-0.05, 0) is 30.0 Å². The lowest BCUT2D eigenvalue weighted by Gasteiger charge is -2.11. The number of hydrogen-bond acceptors (Lipinski definition) is 3. The fourth-order valence-corrected chi connectivity index (χ4v) is 2.13. The minimum Gasteiger partial charge on any atom is -0.454 e. The van der Waals surface area contributed by atoms with Crippen LogP contribution in [0.5, 0.6) is 11.5 Å². The van der Waals surface area contributed by atoms with Gasteiger partial charge in [0.15, 0.2) is 17.5 Å². The Morgan fingerprint density at radius 2 is 2.10 bits per heavy atom. The molecule has 1 heterocycles. The van der Waals surface area contributed by atoms with E-state index in [0.29, 0.717) is 12.8 Å². The Hall–Kier alpha value is -1.18. The van der Waals surface area contributed by atoms with Gasteiger partial charge in [-0.3, -0.25) is 4.99 Å². The normalized spacial score (nSPS) is 23.0. The SMILES string of the molecule is CN=C(NCc1ccc2c(c1)OCO2)NC1CC1C.I. The maximum absolute atomic E-state index is 5.36. The topological polar surface area (TPSA) is 54.9 Å². The summed E-state index contributed by atoms with van der Waals surface area (Å²) in [4.78, 5) is 4.23. The largest absolute Gasteiger partial charge is 0.454 e. The number of halogens is 1. The van der Waals surface area contributed by atoms with E-state index in [0.717, 1.165) is 35.5 Å². The van der Waals surface area contributed by atoms with Gasteiger partial charge in [0.25, 0.3) is 0 Å². The molecule has 1 aromatic rings. The number of fused-ring (bicyclic) bond motifs is 1. The lowest BCUT2D eigenvalue weighted by molar-refractivity contribution is 0.174. The van der Waals surface area contributed by atoms with Crippen LogP contribution in [0.4, 0.5) is 0 Å². The van der Waals surface area contributed by atoms with E-state index in [1.807, 2.05) is 18.2 Å². The van der Waals surface area contributed by atoms with Crippen LogP contribution >= 0.6 is 24.0 Å². The molecule has 0 spiro atoms. The Morgan fingerprint density at radius 1 is 1.35 bits per heavy atom. The molecule has 0 radical (unpaired) electrons. The van der Waals surface area contributed by atoms with Crippen molar-refractivity contribution >= 4 is 29.9 Å². The average Bonchev–Trinajstić information content (AvgIpc) is 2.92. The second kappa shape index (κ2) is 6.51. The van der Waals surface area contributed by atoms with Crippen molar-refractivity contribution in [2.75, 3.05) is 13.8 Å². The molecule has 6 heteroatoms. The molecule has 110 valence electrons. The van der Waals surface area contributed by atoms with Gasteiger partial charge in [0, 0.05) is 19.6 Å². The van der Waals surface area contributed by atoms with E-state index in [1.54, 1.807) is 7.05 Å². The first-order valence-electron chi connectivity index (χ1n) is 6.62. The molecule has 0 bridgehead atoms. The summed E-state index contributed by atoms with van der Waals surface area (Å²) < 4.78 is 10.7. The van der Waals surface area contributed by atoms with Crippen LogP contribution in [0.1, 0.15) is 18.9 Å². The van der Waals surface area contributed by atoms with Gasteiger partial charge in [0.1, 0.15) is 0 Å². The molecule has 2 N–H and O–H groups in total. The van der Waals surface area contributed by atoms with E-state index in [9.17, 15) is 0 Å². The first-order valence-corrected chi connectivity index (χ1v) is 6.62. The Bertz CT molecular complexity index is 507. The lowest BCUT2D eigenvalue weighted by atomic mass is 10.2. The molecule has 2 atom stereocenters. The van der Waals surface area contributed by atoms with Crippen molar-refractivity contribution in [2.45, 2.75) is 25.9 Å². The van der Waals surface area contributed by atoms with Crippen LogP contribution in [0, 0.1) is 5.92 Å². The standard InChI is InChI=1S/C14H19N3O2.HI/c1-9-5-11(9)17-14(15-2)16-7-10-3-4-12-13(6-10)19-8-18-12;/h3-4,6,9,11H,5,7-8H2,1-2H3,(H2,15,16,17);1H. The van der Waals surface area contributed by atoms with Gasteiger partial charge in [-0.1, -0.05) is 13.0 Å². The summed E-state index contributed by atoms with van der Waals surface area (Å²) in [6.45, 7) is 3.27. The van der Waals surface area contributed by atoms with Gasteiger partial charge in [-0.15, -0.1) is 24.0 Å². The van der Waals surface area contributed by atoms with Crippen LogP contribution in [0.25, 0.3) is 0 Å². The number of nitrogens with zero attached hydrogens (tertiary/aromatic N) is 1. The zero-order valence-corrected chi connectivity index (χ0v) is 14.0. The van der Waals surface area contributed by atoms with E-state index < -0.39 is 0 Å². The molecule has 1 aliphatic heterocycles. The third kappa shape index (κ3) is 3.47. The molecular formula is C14H20IN3O2. The predicted octanol–water partition coefficient (Wildman–Crippen LogP) is 2.11. The van der Waals surface area contributed by atoms with Crippen molar-refractivity contribution in [1.82, 2.24) is 10.6 Å².